The normalized spacial score (nSPS) is 15.0. The van der Waals surface area contributed by atoms with Crippen LogP contribution >= 0.6 is 0 Å². The van der Waals surface area contributed by atoms with Crippen LogP contribution in [0.2, 0.25) is 0 Å². The van der Waals surface area contributed by atoms with Gasteiger partial charge in [-0.25, -0.2) is 4.79 Å². The summed E-state index contributed by atoms with van der Waals surface area (Å²) in [5, 5.41) is 2.99. The number of ether oxygens (including phenoxy) is 9. The van der Waals surface area contributed by atoms with Gasteiger partial charge in [0.1, 0.15) is 6.61 Å². The van der Waals surface area contributed by atoms with Gasteiger partial charge < -0.3 is 52.8 Å². The molecular weight excluding hydrogens is 626 g/mol. The Morgan fingerprint density at radius 1 is 0.729 bits per heavy atom. The molecule has 14 nitrogen and oxygen atoms in total. The molecule has 1 aliphatic rings. The lowest BCUT2D eigenvalue weighted by Crippen LogP contribution is -2.52. The number of piperidine rings is 1. The number of carbonyl (C=O) groups is 2. The number of nitrogens with zero attached hydrogens (tertiary/aromatic N) is 2. The maximum Gasteiger partial charge on any atom is 0.409 e. The van der Waals surface area contributed by atoms with Crippen molar-refractivity contribution >= 4 is 12.0 Å². The highest BCUT2D eigenvalue weighted by Gasteiger charge is 2.28. The topological polar surface area (TPSA) is 136 Å². The fourth-order valence-corrected chi connectivity index (χ4v) is 4.68. The SMILES string of the molecule is COCCOCCOCCOCCOCCOCCOCCOCCNC(=O)[C@@H]1CCCCN1CCN(C)C(=O)OCc1ccccc1. The molecule has 1 aromatic carbocycles. The highest BCUT2D eigenvalue weighted by molar-refractivity contribution is 5.81. The van der Waals surface area contributed by atoms with Gasteiger partial charge in [-0.05, 0) is 24.9 Å². The Hall–Kier alpha value is -2.40. The molecule has 1 N–H and O–H groups in total. The zero-order valence-electron chi connectivity index (χ0n) is 29.1. The Labute approximate surface area is 286 Å². The van der Waals surface area contributed by atoms with E-state index in [2.05, 4.69) is 10.2 Å². The second-order valence-electron chi connectivity index (χ2n) is 11.1. The number of carbonyl (C=O) groups excluding carboxylic acids is 2. The monoisotopic (exact) mass is 685 g/mol. The van der Waals surface area contributed by atoms with E-state index >= 15 is 0 Å². The number of benzene rings is 1. The molecular formula is C34H59N3O11. The minimum atomic E-state index is -0.372. The predicted molar refractivity (Wildman–Crippen MR) is 179 cm³/mol. The molecule has 14 heteroatoms. The average Bonchev–Trinajstić information content (AvgIpc) is 3.11. The first-order valence-corrected chi connectivity index (χ1v) is 17.1. The fourth-order valence-electron chi connectivity index (χ4n) is 4.68. The quantitative estimate of drug-likeness (QED) is 0.119. The zero-order valence-corrected chi connectivity index (χ0v) is 29.1. The van der Waals surface area contributed by atoms with Gasteiger partial charge in [-0.15, -0.1) is 0 Å². The number of amides is 2. The molecule has 2 amide bonds. The standard InChI is InChI=1S/C34H59N3O11/c1-36(34(39)48-30-31-8-4-3-5-9-31)13-14-37-12-7-6-10-32(37)33(38)35-11-15-41-18-19-43-22-23-45-26-27-47-29-28-46-25-24-44-21-20-42-17-16-40-2/h3-5,8-9,32H,6-7,10-30H2,1-2H3,(H,35,38)/t32-/m0/s1. The second-order valence-corrected chi connectivity index (χ2v) is 11.1. The van der Waals surface area contributed by atoms with E-state index in [0.29, 0.717) is 119 Å². The molecule has 1 aromatic rings. The summed E-state index contributed by atoms with van der Waals surface area (Å²) in [6, 6.07) is 9.39. The van der Waals surface area contributed by atoms with Crippen LogP contribution in [0.5, 0.6) is 0 Å². The van der Waals surface area contributed by atoms with Gasteiger partial charge in [-0.2, -0.15) is 0 Å². The van der Waals surface area contributed by atoms with Gasteiger partial charge in [0.25, 0.3) is 0 Å². The van der Waals surface area contributed by atoms with Crippen LogP contribution in [-0.4, -0.2) is 167 Å². The number of methoxy groups -OCH3 is 1. The second kappa shape index (κ2) is 29.5. The van der Waals surface area contributed by atoms with E-state index in [1.807, 2.05) is 30.3 Å². The highest BCUT2D eigenvalue weighted by Crippen LogP contribution is 2.17. The smallest absolute Gasteiger partial charge is 0.409 e. The van der Waals surface area contributed by atoms with Crippen LogP contribution < -0.4 is 5.32 Å². The molecule has 1 saturated heterocycles. The lowest BCUT2D eigenvalue weighted by atomic mass is 10.0. The molecule has 0 spiro atoms. The first-order chi connectivity index (χ1) is 23.6. The number of likely N-dealkylation sites (tertiary alicyclic amines) is 1. The average molecular weight is 686 g/mol. The third-order valence-electron chi connectivity index (χ3n) is 7.37. The summed E-state index contributed by atoms with van der Waals surface area (Å²) in [5.41, 5.74) is 0.945. The summed E-state index contributed by atoms with van der Waals surface area (Å²) in [7, 11) is 3.36. The molecule has 2 rings (SSSR count). The van der Waals surface area contributed by atoms with Gasteiger partial charge in [-0.1, -0.05) is 36.8 Å². The summed E-state index contributed by atoms with van der Waals surface area (Å²) in [6.45, 7) is 10.1. The van der Waals surface area contributed by atoms with Crippen LogP contribution in [0.3, 0.4) is 0 Å². The van der Waals surface area contributed by atoms with Crippen LogP contribution in [0.25, 0.3) is 0 Å². The van der Waals surface area contributed by atoms with E-state index in [-0.39, 0.29) is 24.6 Å². The van der Waals surface area contributed by atoms with Crippen LogP contribution in [-0.2, 0) is 54.0 Å². The number of hydrogen-bond acceptors (Lipinski definition) is 12. The molecule has 0 radical (unpaired) electrons. The van der Waals surface area contributed by atoms with Crippen LogP contribution in [0.4, 0.5) is 4.79 Å². The minimum Gasteiger partial charge on any atom is -0.445 e. The molecule has 1 fully saturated rings. The molecule has 0 unspecified atom stereocenters. The maximum absolute atomic E-state index is 12.9. The minimum absolute atomic E-state index is 0.00126. The Bertz CT molecular complexity index is 916. The highest BCUT2D eigenvalue weighted by atomic mass is 16.6. The Morgan fingerprint density at radius 3 is 1.75 bits per heavy atom. The summed E-state index contributed by atoms with van der Waals surface area (Å²) < 4.78 is 48.6. The van der Waals surface area contributed by atoms with Gasteiger partial charge in [0.05, 0.1) is 105 Å². The summed E-state index contributed by atoms with van der Waals surface area (Å²) in [4.78, 5) is 29.0. The van der Waals surface area contributed by atoms with Gasteiger partial charge in [0.15, 0.2) is 0 Å². The first-order valence-electron chi connectivity index (χ1n) is 17.1. The van der Waals surface area contributed by atoms with Crippen molar-refractivity contribution in [3.63, 3.8) is 0 Å². The molecule has 0 aliphatic carbocycles. The van der Waals surface area contributed by atoms with Crippen molar-refractivity contribution in [2.75, 3.05) is 139 Å². The molecule has 0 bridgehead atoms. The van der Waals surface area contributed by atoms with Gasteiger partial charge >= 0.3 is 6.09 Å². The molecule has 0 saturated carbocycles. The molecule has 1 aliphatic heterocycles. The molecule has 1 atom stereocenters. The lowest BCUT2D eigenvalue weighted by molar-refractivity contribution is -0.128. The van der Waals surface area contributed by atoms with E-state index in [4.69, 9.17) is 42.6 Å². The van der Waals surface area contributed by atoms with E-state index in [9.17, 15) is 9.59 Å². The fraction of sp³-hybridized carbons (Fsp3) is 0.765. The molecule has 1 heterocycles. The van der Waals surface area contributed by atoms with E-state index < -0.39 is 0 Å². The van der Waals surface area contributed by atoms with E-state index in [1.165, 1.54) is 0 Å². The van der Waals surface area contributed by atoms with E-state index in [0.717, 1.165) is 31.4 Å². The summed E-state index contributed by atoms with van der Waals surface area (Å²) in [5.74, 6) is -0.00126. The van der Waals surface area contributed by atoms with Gasteiger partial charge in [0, 0.05) is 33.8 Å². The largest absolute Gasteiger partial charge is 0.445 e. The van der Waals surface area contributed by atoms with Crippen molar-refractivity contribution in [3.8, 4) is 0 Å². The van der Waals surface area contributed by atoms with Crippen LogP contribution in [0, 0.1) is 0 Å². The number of rotatable bonds is 30. The van der Waals surface area contributed by atoms with Crippen molar-refractivity contribution in [1.29, 1.82) is 0 Å². The Balaban J connectivity index is 1.36. The van der Waals surface area contributed by atoms with Crippen LogP contribution in [0.1, 0.15) is 24.8 Å². The van der Waals surface area contributed by atoms with Crippen molar-refractivity contribution in [2.45, 2.75) is 31.9 Å². The van der Waals surface area contributed by atoms with E-state index in [1.54, 1.807) is 19.1 Å². The zero-order chi connectivity index (χ0) is 34.3. The Kier molecular flexibility index (Phi) is 25.7. The Morgan fingerprint density at radius 2 is 1.23 bits per heavy atom. The van der Waals surface area contributed by atoms with Gasteiger partial charge in [0.2, 0.25) is 5.91 Å². The van der Waals surface area contributed by atoms with Crippen molar-refractivity contribution in [3.05, 3.63) is 35.9 Å². The van der Waals surface area contributed by atoms with Crippen molar-refractivity contribution in [1.82, 2.24) is 15.1 Å². The predicted octanol–water partition coefficient (Wildman–Crippen LogP) is 1.99. The first kappa shape index (κ1) is 41.8. The number of likely N-dealkylation sites (N-methyl/N-ethyl adjacent to an activating group) is 1. The van der Waals surface area contributed by atoms with Gasteiger partial charge in [-0.3, -0.25) is 9.69 Å². The third kappa shape index (κ3) is 21.5. The molecule has 276 valence electrons. The summed E-state index contributed by atoms with van der Waals surface area (Å²) >= 11 is 0. The van der Waals surface area contributed by atoms with Crippen molar-refractivity contribution in [2.24, 2.45) is 0 Å². The molecule has 0 aromatic heterocycles. The van der Waals surface area contributed by atoms with Crippen LogP contribution in [0.15, 0.2) is 30.3 Å². The molecule has 48 heavy (non-hydrogen) atoms. The maximum atomic E-state index is 12.9. The number of hydrogen-bond donors (Lipinski definition) is 1. The number of nitrogens with one attached hydrogen (secondary N) is 1. The third-order valence-corrected chi connectivity index (χ3v) is 7.37. The van der Waals surface area contributed by atoms with Crippen molar-refractivity contribution < 1.29 is 52.2 Å². The summed E-state index contributed by atoms with van der Waals surface area (Å²) in [6.07, 6.45) is 2.47. The lowest BCUT2D eigenvalue weighted by Gasteiger charge is -2.35.